The number of likely N-dealkylation sites (tertiary alicyclic amines) is 1. The molecule has 1 heterocycles. The van der Waals surface area contributed by atoms with Gasteiger partial charge in [-0.2, -0.15) is 0 Å². The zero-order chi connectivity index (χ0) is 15.5. The first-order valence-electron chi connectivity index (χ1n) is 7.72. The molecule has 1 aromatic rings. The Morgan fingerprint density at radius 2 is 2.10 bits per heavy atom. The molecule has 1 aliphatic rings. The summed E-state index contributed by atoms with van der Waals surface area (Å²) in [6.45, 7) is 7.84. The molecular formula is C17H26N2OS. The van der Waals surface area contributed by atoms with Gasteiger partial charge in [-0.15, -0.1) is 0 Å². The topological polar surface area (TPSA) is 38.5 Å². The largest absolute Gasteiger partial charge is 0.496 e. The van der Waals surface area contributed by atoms with Gasteiger partial charge in [0.05, 0.1) is 7.11 Å². The van der Waals surface area contributed by atoms with E-state index in [2.05, 4.69) is 24.8 Å². The van der Waals surface area contributed by atoms with Gasteiger partial charge >= 0.3 is 0 Å². The van der Waals surface area contributed by atoms with Crippen LogP contribution in [0, 0.1) is 5.41 Å². The Kier molecular flexibility index (Phi) is 5.22. The Morgan fingerprint density at radius 3 is 2.62 bits per heavy atom. The average Bonchev–Trinajstić information content (AvgIpc) is 2.91. The standard InChI is InChI=1S/C17H26N2OS/c1-4-17(5-2)8-9-19(12-17)11-14-10-13(16(18)21)6-7-15(14)20-3/h6-7,10H,4-5,8-9,11-12H2,1-3H3,(H2,18,21). The lowest BCUT2D eigenvalue weighted by Crippen LogP contribution is -2.26. The number of nitrogens with two attached hydrogens (primary N) is 1. The van der Waals surface area contributed by atoms with Crippen molar-refractivity contribution in [3.8, 4) is 5.75 Å². The highest BCUT2D eigenvalue weighted by Crippen LogP contribution is 2.38. The molecule has 1 aliphatic heterocycles. The van der Waals surface area contributed by atoms with Crippen LogP contribution in [0.4, 0.5) is 0 Å². The van der Waals surface area contributed by atoms with Crippen molar-refractivity contribution >= 4 is 17.2 Å². The summed E-state index contributed by atoms with van der Waals surface area (Å²) in [6, 6.07) is 5.96. The van der Waals surface area contributed by atoms with Crippen LogP contribution in [0.15, 0.2) is 18.2 Å². The van der Waals surface area contributed by atoms with Crippen molar-refractivity contribution < 1.29 is 4.74 Å². The number of benzene rings is 1. The molecule has 2 N–H and O–H groups in total. The van der Waals surface area contributed by atoms with Crippen LogP contribution in [0.3, 0.4) is 0 Å². The Bertz CT molecular complexity index is 512. The molecule has 4 heteroatoms. The molecule has 0 radical (unpaired) electrons. The first-order valence-corrected chi connectivity index (χ1v) is 8.13. The fraction of sp³-hybridized carbons (Fsp3) is 0.588. The summed E-state index contributed by atoms with van der Waals surface area (Å²) in [4.78, 5) is 2.96. The van der Waals surface area contributed by atoms with E-state index in [4.69, 9.17) is 22.7 Å². The summed E-state index contributed by atoms with van der Waals surface area (Å²) in [7, 11) is 1.71. The molecule has 1 aromatic carbocycles. The molecule has 0 saturated carbocycles. The summed E-state index contributed by atoms with van der Waals surface area (Å²) in [6.07, 6.45) is 3.80. The van der Waals surface area contributed by atoms with E-state index in [9.17, 15) is 0 Å². The van der Waals surface area contributed by atoms with Crippen molar-refractivity contribution in [2.24, 2.45) is 11.1 Å². The number of methoxy groups -OCH3 is 1. The number of thiocarbonyl (C=S) groups is 1. The van der Waals surface area contributed by atoms with Crippen LogP contribution < -0.4 is 10.5 Å². The number of hydrogen-bond donors (Lipinski definition) is 1. The molecule has 0 atom stereocenters. The molecule has 21 heavy (non-hydrogen) atoms. The molecule has 2 rings (SSSR count). The van der Waals surface area contributed by atoms with E-state index in [0.717, 1.165) is 24.4 Å². The number of nitrogens with zero attached hydrogens (tertiary/aromatic N) is 1. The molecule has 0 aromatic heterocycles. The third-order valence-electron chi connectivity index (χ3n) is 4.98. The normalized spacial score (nSPS) is 17.9. The fourth-order valence-electron chi connectivity index (χ4n) is 3.29. The lowest BCUT2D eigenvalue weighted by atomic mass is 9.82. The second kappa shape index (κ2) is 6.75. The Balaban J connectivity index is 2.16. The van der Waals surface area contributed by atoms with Gasteiger partial charge < -0.3 is 10.5 Å². The quantitative estimate of drug-likeness (QED) is 0.818. The maximum atomic E-state index is 5.75. The van der Waals surface area contributed by atoms with E-state index in [0.29, 0.717) is 10.4 Å². The molecule has 0 unspecified atom stereocenters. The number of hydrogen-bond acceptors (Lipinski definition) is 3. The van der Waals surface area contributed by atoms with Crippen LogP contribution in [-0.4, -0.2) is 30.1 Å². The van der Waals surface area contributed by atoms with Gasteiger partial charge in [0.15, 0.2) is 0 Å². The van der Waals surface area contributed by atoms with Gasteiger partial charge in [0.2, 0.25) is 0 Å². The van der Waals surface area contributed by atoms with Crippen LogP contribution in [0.1, 0.15) is 44.2 Å². The third-order valence-corrected chi connectivity index (χ3v) is 5.21. The van der Waals surface area contributed by atoms with E-state index < -0.39 is 0 Å². The van der Waals surface area contributed by atoms with Crippen LogP contribution in [-0.2, 0) is 6.54 Å². The first kappa shape index (κ1) is 16.2. The van der Waals surface area contributed by atoms with Gasteiger partial charge in [0.25, 0.3) is 0 Å². The van der Waals surface area contributed by atoms with Crippen LogP contribution >= 0.6 is 12.2 Å². The van der Waals surface area contributed by atoms with Gasteiger partial charge in [0, 0.05) is 24.2 Å². The molecule has 0 bridgehead atoms. The summed E-state index contributed by atoms with van der Waals surface area (Å²) >= 11 is 5.08. The van der Waals surface area contributed by atoms with Crippen LogP contribution in [0.25, 0.3) is 0 Å². The summed E-state index contributed by atoms with van der Waals surface area (Å²) in [5, 5.41) is 0. The highest BCUT2D eigenvalue weighted by atomic mass is 32.1. The Morgan fingerprint density at radius 1 is 1.38 bits per heavy atom. The lowest BCUT2D eigenvalue weighted by Gasteiger charge is -2.26. The van der Waals surface area contributed by atoms with Crippen molar-refractivity contribution in [2.75, 3.05) is 20.2 Å². The summed E-state index contributed by atoms with van der Waals surface area (Å²) < 4.78 is 5.48. The van der Waals surface area contributed by atoms with Gasteiger partial charge in [-0.3, -0.25) is 4.90 Å². The highest BCUT2D eigenvalue weighted by Gasteiger charge is 2.34. The van der Waals surface area contributed by atoms with Crippen molar-refractivity contribution in [3.05, 3.63) is 29.3 Å². The molecule has 0 amide bonds. The van der Waals surface area contributed by atoms with Crippen LogP contribution in [0.2, 0.25) is 0 Å². The Labute approximate surface area is 133 Å². The predicted molar refractivity (Wildman–Crippen MR) is 91.8 cm³/mol. The maximum absolute atomic E-state index is 5.75. The maximum Gasteiger partial charge on any atom is 0.123 e. The van der Waals surface area contributed by atoms with Gasteiger partial charge in [-0.25, -0.2) is 0 Å². The second-order valence-corrected chi connectivity index (χ2v) is 6.50. The number of ether oxygens (including phenoxy) is 1. The zero-order valence-corrected chi connectivity index (χ0v) is 14.1. The minimum Gasteiger partial charge on any atom is -0.496 e. The smallest absolute Gasteiger partial charge is 0.123 e. The molecule has 1 fully saturated rings. The summed E-state index contributed by atoms with van der Waals surface area (Å²) in [5.74, 6) is 0.917. The van der Waals surface area contributed by atoms with Gasteiger partial charge in [0.1, 0.15) is 10.7 Å². The van der Waals surface area contributed by atoms with Crippen molar-refractivity contribution in [1.29, 1.82) is 0 Å². The first-order chi connectivity index (χ1) is 10.0. The molecule has 0 spiro atoms. The minimum atomic E-state index is 0.441. The van der Waals surface area contributed by atoms with Crippen molar-refractivity contribution in [3.63, 3.8) is 0 Å². The lowest BCUT2D eigenvalue weighted by molar-refractivity contribution is 0.234. The van der Waals surface area contributed by atoms with Crippen molar-refractivity contribution in [2.45, 2.75) is 39.7 Å². The zero-order valence-electron chi connectivity index (χ0n) is 13.3. The van der Waals surface area contributed by atoms with E-state index in [-0.39, 0.29) is 0 Å². The molecular weight excluding hydrogens is 280 g/mol. The van der Waals surface area contributed by atoms with E-state index >= 15 is 0 Å². The summed E-state index contributed by atoms with van der Waals surface area (Å²) in [5.41, 5.74) is 8.33. The molecule has 3 nitrogen and oxygen atoms in total. The van der Waals surface area contributed by atoms with E-state index in [1.165, 1.54) is 31.4 Å². The number of rotatable bonds is 6. The molecule has 1 saturated heterocycles. The average molecular weight is 306 g/mol. The highest BCUT2D eigenvalue weighted by molar-refractivity contribution is 7.80. The van der Waals surface area contributed by atoms with Gasteiger partial charge in [-0.05, 0) is 49.4 Å². The third kappa shape index (κ3) is 3.55. The van der Waals surface area contributed by atoms with Crippen LogP contribution in [0.5, 0.6) is 5.75 Å². The van der Waals surface area contributed by atoms with Gasteiger partial charge in [-0.1, -0.05) is 26.1 Å². The van der Waals surface area contributed by atoms with Crippen molar-refractivity contribution in [1.82, 2.24) is 4.90 Å². The van der Waals surface area contributed by atoms with E-state index in [1.54, 1.807) is 7.11 Å². The minimum absolute atomic E-state index is 0.441. The monoisotopic (exact) mass is 306 g/mol. The fourth-order valence-corrected chi connectivity index (χ4v) is 3.41. The second-order valence-electron chi connectivity index (χ2n) is 6.06. The van der Waals surface area contributed by atoms with E-state index in [1.807, 2.05) is 12.1 Å². The SMILES string of the molecule is CCC1(CC)CCN(Cc2cc(C(N)=S)ccc2OC)C1. The molecule has 0 aliphatic carbocycles. The molecule has 116 valence electrons. The predicted octanol–water partition coefficient (Wildman–Crippen LogP) is 3.34. The Hall–Kier alpha value is -1.13.